The third-order valence-corrected chi connectivity index (χ3v) is 3.91. The zero-order valence-corrected chi connectivity index (χ0v) is 12.3. The molecule has 21 heavy (non-hydrogen) atoms. The first-order valence-electron chi connectivity index (χ1n) is 7.42. The van der Waals surface area contributed by atoms with E-state index in [1.807, 2.05) is 19.1 Å². The molecule has 0 bridgehead atoms. The summed E-state index contributed by atoms with van der Waals surface area (Å²) in [5.41, 5.74) is 2.48. The van der Waals surface area contributed by atoms with E-state index < -0.39 is 5.79 Å². The highest BCUT2D eigenvalue weighted by Crippen LogP contribution is 2.36. The minimum atomic E-state index is -0.990. The summed E-state index contributed by atoms with van der Waals surface area (Å²) in [6.07, 6.45) is 0. The highest BCUT2D eigenvalue weighted by molar-refractivity contribution is 5.32. The number of ether oxygens (including phenoxy) is 1. The number of hydrogen-bond acceptors (Lipinski definition) is 3. The van der Waals surface area contributed by atoms with Gasteiger partial charge < -0.3 is 9.84 Å². The highest BCUT2D eigenvalue weighted by atomic mass is 16.6. The van der Waals surface area contributed by atoms with Gasteiger partial charge in [0.1, 0.15) is 0 Å². The van der Waals surface area contributed by atoms with Gasteiger partial charge in [0.2, 0.25) is 0 Å². The van der Waals surface area contributed by atoms with E-state index in [-0.39, 0.29) is 6.04 Å². The largest absolute Gasteiger partial charge is 0.363 e. The number of aliphatic hydroxyl groups is 1. The Kier molecular flexibility index (Phi) is 4.06. The van der Waals surface area contributed by atoms with E-state index in [0.717, 1.165) is 0 Å². The molecule has 110 valence electrons. The van der Waals surface area contributed by atoms with Crippen LogP contribution in [0.4, 0.5) is 0 Å². The fourth-order valence-corrected chi connectivity index (χ4v) is 3.02. The van der Waals surface area contributed by atoms with Crippen LogP contribution >= 0.6 is 0 Å². The Balaban J connectivity index is 1.85. The molecule has 0 amide bonds. The first-order chi connectivity index (χ1) is 10.2. The lowest BCUT2D eigenvalue weighted by Gasteiger charge is -2.49. The Bertz CT molecular complexity index is 525. The molecule has 1 aliphatic rings. The van der Waals surface area contributed by atoms with Crippen LogP contribution in [0, 0.1) is 0 Å². The molecule has 1 aliphatic heterocycles. The van der Waals surface area contributed by atoms with Gasteiger partial charge in [-0.05, 0) is 18.1 Å². The van der Waals surface area contributed by atoms with E-state index in [1.54, 1.807) is 0 Å². The molecule has 0 spiro atoms. The van der Waals surface area contributed by atoms with Crippen LogP contribution in [0.5, 0.6) is 0 Å². The molecule has 3 heteroatoms. The molecule has 0 aromatic heterocycles. The van der Waals surface area contributed by atoms with Crippen molar-refractivity contribution in [2.45, 2.75) is 18.8 Å². The third-order valence-electron chi connectivity index (χ3n) is 3.91. The van der Waals surface area contributed by atoms with E-state index in [0.29, 0.717) is 19.7 Å². The Morgan fingerprint density at radius 1 is 1.00 bits per heavy atom. The van der Waals surface area contributed by atoms with Crippen LogP contribution < -0.4 is 0 Å². The molecule has 3 nitrogen and oxygen atoms in total. The third kappa shape index (κ3) is 3.00. The quantitative estimate of drug-likeness (QED) is 0.857. The molecule has 2 aromatic carbocycles. The van der Waals surface area contributed by atoms with Crippen molar-refractivity contribution in [2.75, 3.05) is 19.7 Å². The maximum absolute atomic E-state index is 10.3. The predicted octanol–water partition coefficient (Wildman–Crippen LogP) is 2.82. The molecule has 1 fully saturated rings. The van der Waals surface area contributed by atoms with Gasteiger partial charge in [-0.2, -0.15) is 0 Å². The fraction of sp³-hybridized carbons (Fsp3) is 0.333. The van der Waals surface area contributed by atoms with Gasteiger partial charge >= 0.3 is 0 Å². The van der Waals surface area contributed by atoms with Crippen LogP contribution in [-0.4, -0.2) is 35.5 Å². The van der Waals surface area contributed by atoms with Crippen molar-refractivity contribution < 1.29 is 9.84 Å². The molecule has 0 saturated carbocycles. The molecule has 3 rings (SSSR count). The van der Waals surface area contributed by atoms with Gasteiger partial charge in [0.05, 0.1) is 19.1 Å². The maximum atomic E-state index is 10.3. The van der Waals surface area contributed by atoms with Gasteiger partial charge in [-0.1, -0.05) is 60.7 Å². The second kappa shape index (κ2) is 5.98. The minimum absolute atomic E-state index is 0.160. The van der Waals surface area contributed by atoms with E-state index in [9.17, 15) is 5.11 Å². The Morgan fingerprint density at radius 2 is 1.48 bits per heavy atom. The van der Waals surface area contributed by atoms with Crippen molar-refractivity contribution in [2.24, 2.45) is 0 Å². The summed E-state index contributed by atoms with van der Waals surface area (Å²) in [7, 11) is 0. The molecule has 0 unspecified atom stereocenters. The van der Waals surface area contributed by atoms with Crippen molar-refractivity contribution in [3.8, 4) is 0 Å². The predicted molar refractivity (Wildman–Crippen MR) is 82.9 cm³/mol. The Hall–Kier alpha value is -1.68. The Labute approximate surface area is 125 Å². The Morgan fingerprint density at radius 3 is 1.90 bits per heavy atom. The first-order valence-corrected chi connectivity index (χ1v) is 7.42. The number of benzene rings is 2. The van der Waals surface area contributed by atoms with Gasteiger partial charge in [0.15, 0.2) is 5.79 Å². The smallest absolute Gasteiger partial charge is 0.191 e. The lowest BCUT2D eigenvalue weighted by Crippen LogP contribution is -2.64. The topological polar surface area (TPSA) is 32.7 Å². The lowest BCUT2D eigenvalue weighted by molar-refractivity contribution is -0.276. The fourth-order valence-electron chi connectivity index (χ4n) is 3.02. The SMILES string of the molecule is CCOC1(O)CN(C(c2ccccc2)c2ccccc2)C1. The second-order valence-electron chi connectivity index (χ2n) is 5.51. The van der Waals surface area contributed by atoms with Gasteiger partial charge in [0, 0.05) is 6.61 Å². The normalized spacial score (nSPS) is 17.7. The van der Waals surface area contributed by atoms with Crippen molar-refractivity contribution in [1.29, 1.82) is 0 Å². The number of β-amino-alcohol motifs (C(OH)–C–C–N with tert-alkyl or cyclic N) is 1. The molecule has 1 heterocycles. The van der Waals surface area contributed by atoms with Crippen molar-refractivity contribution in [1.82, 2.24) is 4.90 Å². The first kappa shape index (κ1) is 14.3. The van der Waals surface area contributed by atoms with Crippen molar-refractivity contribution >= 4 is 0 Å². The molecule has 0 radical (unpaired) electrons. The van der Waals surface area contributed by atoms with E-state index in [4.69, 9.17) is 4.74 Å². The van der Waals surface area contributed by atoms with Crippen LogP contribution in [0.2, 0.25) is 0 Å². The van der Waals surface area contributed by atoms with Crippen LogP contribution in [-0.2, 0) is 4.74 Å². The standard InChI is InChI=1S/C18H21NO2/c1-2-21-18(20)13-19(14-18)17(15-9-5-3-6-10-15)16-11-7-4-8-12-16/h3-12,17,20H,2,13-14H2,1H3. The van der Waals surface area contributed by atoms with Crippen molar-refractivity contribution in [3.63, 3.8) is 0 Å². The summed E-state index contributed by atoms with van der Waals surface area (Å²) in [5, 5.41) is 10.3. The van der Waals surface area contributed by atoms with Crippen molar-refractivity contribution in [3.05, 3.63) is 71.8 Å². The molecule has 0 atom stereocenters. The van der Waals surface area contributed by atoms with Gasteiger partial charge in [0.25, 0.3) is 0 Å². The highest BCUT2D eigenvalue weighted by Gasteiger charge is 2.45. The monoisotopic (exact) mass is 283 g/mol. The lowest BCUT2D eigenvalue weighted by atomic mass is 9.92. The number of hydrogen-bond donors (Lipinski definition) is 1. The van der Waals surface area contributed by atoms with Crippen LogP contribution in [0.15, 0.2) is 60.7 Å². The van der Waals surface area contributed by atoms with Crippen LogP contribution in [0.1, 0.15) is 24.1 Å². The van der Waals surface area contributed by atoms with E-state index >= 15 is 0 Å². The summed E-state index contributed by atoms with van der Waals surface area (Å²) in [6.45, 7) is 3.52. The average Bonchev–Trinajstić information content (AvgIpc) is 2.48. The molecule has 0 aliphatic carbocycles. The molecule has 2 aromatic rings. The van der Waals surface area contributed by atoms with Crippen LogP contribution in [0.25, 0.3) is 0 Å². The number of likely N-dealkylation sites (tertiary alicyclic amines) is 1. The van der Waals surface area contributed by atoms with E-state index in [1.165, 1.54) is 11.1 Å². The minimum Gasteiger partial charge on any atom is -0.363 e. The molecular weight excluding hydrogens is 262 g/mol. The summed E-state index contributed by atoms with van der Waals surface area (Å²) in [5.74, 6) is -0.990. The summed E-state index contributed by atoms with van der Waals surface area (Å²) in [6, 6.07) is 21.0. The number of rotatable bonds is 5. The summed E-state index contributed by atoms with van der Waals surface area (Å²) in [4.78, 5) is 2.25. The summed E-state index contributed by atoms with van der Waals surface area (Å²) < 4.78 is 5.43. The van der Waals surface area contributed by atoms with Gasteiger partial charge in [-0.3, -0.25) is 4.90 Å². The van der Waals surface area contributed by atoms with Crippen LogP contribution in [0.3, 0.4) is 0 Å². The average molecular weight is 283 g/mol. The maximum Gasteiger partial charge on any atom is 0.191 e. The van der Waals surface area contributed by atoms with Gasteiger partial charge in [-0.15, -0.1) is 0 Å². The zero-order valence-electron chi connectivity index (χ0n) is 12.3. The van der Waals surface area contributed by atoms with Gasteiger partial charge in [-0.25, -0.2) is 0 Å². The summed E-state index contributed by atoms with van der Waals surface area (Å²) >= 11 is 0. The molecule has 1 N–H and O–H groups in total. The second-order valence-corrected chi connectivity index (χ2v) is 5.51. The zero-order chi connectivity index (χ0) is 14.7. The number of nitrogens with zero attached hydrogens (tertiary/aromatic N) is 1. The molecular formula is C18H21NO2. The van der Waals surface area contributed by atoms with E-state index in [2.05, 4.69) is 53.4 Å². The molecule has 1 saturated heterocycles.